The Morgan fingerprint density at radius 3 is 2.84 bits per heavy atom. The van der Waals surface area contributed by atoms with Crippen molar-refractivity contribution in [3.63, 3.8) is 0 Å². The average molecular weight is 286 g/mol. The first-order valence-electron chi connectivity index (χ1n) is 6.95. The van der Waals surface area contributed by atoms with Crippen molar-refractivity contribution in [1.82, 2.24) is 5.32 Å². The highest BCUT2D eigenvalue weighted by molar-refractivity contribution is 6.30. The molecule has 1 aromatic rings. The number of nitrogens with one attached hydrogen (secondary N) is 1. The van der Waals surface area contributed by atoms with Gasteiger partial charge < -0.3 is 15.2 Å². The lowest BCUT2D eigenvalue weighted by Crippen LogP contribution is -2.20. The molecular weight excluding hydrogens is 262 g/mol. The zero-order valence-electron chi connectivity index (χ0n) is 11.8. The quantitative estimate of drug-likeness (QED) is 0.682. The number of halogens is 1. The Hall–Kier alpha value is -0.770. The fraction of sp³-hybridized carbons (Fsp3) is 0.600. The summed E-state index contributed by atoms with van der Waals surface area (Å²) in [5.74, 6) is 0.874. The number of aliphatic hydroxyl groups is 1. The Labute approximate surface area is 120 Å². The molecule has 0 saturated carbocycles. The van der Waals surface area contributed by atoms with Crippen molar-refractivity contribution in [3.05, 3.63) is 28.8 Å². The number of aliphatic hydroxyl groups excluding tert-OH is 1. The van der Waals surface area contributed by atoms with Crippen molar-refractivity contribution in [2.24, 2.45) is 0 Å². The maximum absolute atomic E-state index is 8.76. The normalized spacial score (nSPS) is 12.4. The number of benzene rings is 1. The van der Waals surface area contributed by atoms with Crippen LogP contribution in [0, 0.1) is 0 Å². The van der Waals surface area contributed by atoms with E-state index in [1.54, 1.807) is 0 Å². The second-order valence-corrected chi connectivity index (χ2v) is 5.07. The lowest BCUT2D eigenvalue weighted by Gasteiger charge is -2.18. The number of hydrogen-bond acceptors (Lipinski definition) is 3. The first-order chi connectivity index (χ1) is 9.19. The van der Waals surface area contributed by atoms with Gasteiger partial charge in [-0.2, -0.15) is 0 Å². The van der Waals surface area contributed by atoms with Crippen LogP contribution in [0.15, 0.2) is 18.2 Å². The topological polar surface area (TPSA) is 41.5 Å². The highest BCUT2D eigenvalue weighted by Crippen LogP contribution is 2.28. The van der Waals surface area contributed by atoms with Gasteiger partial charge in [-0.3, -0.25) is 0 Å². The molecule has 2 N–H and O–H groups in total. The van der Waals surface area contributed by atoms with E-state index in [0.717, 1.165) is 42.1 Å². The SMILES string of the molecule is CCCNC(C)c1cc(Cl)ccc1OCCCCO. The highest BCUT2D eigenvalue weighted by Gasteiger charge is 2.11. The molecule has 19 heavy (non-hydrogen) atoms. The Kier molecular flexibility index (Phi) is 7.87. The molecule has 1 atom stereocenters. The van der Waals surface area contributed by atoms with Gasteiger partial charge in [0.05, 0.1) is 6.61 Å². The third-order valence-electron chi connectivity index (χ3n) is 2.95. The molecule has 0 heterocycles. The van der Waals surface area contributed by atoms with Crippen LogP contribution in [0.4, 0.5) is 0 Å². The minimum absolute atomic E-state index is 0.214. The van der Waals surface area contributed by atoms with Crippen LogP contribution in [0.25, 0.3) is 0 Å². The molecule has 1 unspecified atom stereocenters. The summed E-state index contributed by atoms with van der Waals surface area (Å²) in [5, 5.41) is 12.9. The Morgan fingerprint density at radius 1 is 1.37 bits per heavy atom. The van der Waals surface area contributed by atoms with Gasteiger partial charge in [0.25, 0.3) is 0 Å². The smallest absolute Gasteiger partial charge is 0.124 e. The van der Waals surface area contributed by atoms with Gasteiger partial charge in [0.2, 0.25) is 0 Å². The first-order valence-corrected chi connectivity index (χ1v) is 7.33. The molecule has 0 fully saturated rings. The average Bonchev–Trinajstić information content (AvgIpc) is 2.42. The first kappa shape index (κ1) is 16.3. The molecule has 1 rings (SSSR count). The lowest BCUT2D eigenvalue weighted by atomic mass is 10.1. The van der Waals surface area contributed by atoms with E-state index in [1.165, 1.54) is 0 Å². The summed E-state index contributed by atoms with van der Waals surface area (Å²) in [6, 6.07) is 5.93. The lowest BCUT2D eigenvalue weighted by molar-refractivity contribution is 0.251. The van der Waals surface area contributed by atoms with Crippen molar-refractivity contribution in [2.75, 3.05) is 19.8 Å². The Bertz CT molecular complexity index is 371. The summed E-state index contributed by atoms with van der Waals surface area (Å²) in [4.78, 5) is 0. The molecule has 4 heteroatoms. The van der Waals surface area contributed by atoms with Crippen LogP contribution < -0.4 is 10.1 Å². The third kappa shape index (κ3) is 5.81. The van der Waals surface area contributed by atoms with E-state index in [0.29, 0.717) is 6.61 Å². The van der Waals surface area contributed by atoms with E-state index >= 15 is 0 Å². The van der Waals surface area contributed by atoms with Crippen molar-refractivity contribution >= 4 is 11.6 Å². The van der Waals surface area contributed by atoms with Crippen LogP contribution in [-0.2, 0) is 0 Å². The van der Waals surface area contributed by atoms with Gasteiger partial charge in [-0.1, -0.05) is 18.5 Å². The summed E-state index contributed by atoms with van der Waals surface area (Å²) in [5.41, 5.74) is 1.09. The fourth-order valence-electron chi connectivity index (χ4n) is 1.86. The highest BCUT2D eigenvalue weighted by atomic mass is 35.5. The van der Waals surface area contributed by atoms with Crippen LogP contribution in [0.5, 0.6) is 5.75 Å². The molecule has 1 aromatic carbocycles. The largest absolute Gasteiger partial charge is 0.493 e. The molecule has 0 aromatic heterocycles. The molecule has 0 aliphatic carbocycles. The Morgan fingerprint density at radius 2 is 2.16 bits per heavy atom. The van der Waals surface area contributed by atoms with Crippen LogP contribution in [0.3, 0.4) is 0 Å². The zero-order chi connectivity index (χ0) is 14.1. The molecule has 108 valence electrons. The third-order valence-corrected chi connectivity index (χ3v) is 3.18. The molecule has 0 radical (unpaired) electrons. The maximum Gasteiger partial charge on any atom is 0.124 e. The molecule has 0 aliphatic rings. The molecule has 0 aliphatic heterocycles. The van der Waals surface area contributed by atoms with E-state index in [-0.39, 0.29) is 12.6 Å². The van der Waals surface area contributed by atoms with E-state index in [4.69, 9.17) is 21.4 Å². The standard InChI is InChI=1S/C15H24ClNO2/c1-3-8-17-12(2)14-11-13(16)6-7-15(14)19-10-5-4-9-18/h6-7,11-12,17-18H,3-5,8-10H2,1-2H3. The van der Waals surface area contributed by atoms with Gasteiger partial charge in [0.15, 0.2) is 0 Å². The fourth-order valence-corrected chi connectivity index (χ4v) is 2.04. The molecule has 0 amide bonds. The van der Waals surface area contributed by atoms with Gasteiger partial charge in [-0.05, 0) is 50.9 Å². The molecular formula is C15H24ClNO2. The zero-order valence-corrected chi connectivity index (χ0v) is 12.5. The van der Waals surface area contributed by atoms with Crippen molar-refractivity contribution in [3.8, 4) is 5.75 Å². The van der Waals surface area contributed by atoms with Gasteiger partial charge in [0.1, 0.15) is 5.75 Å². The predicted octanol–water partition coefficient (Wildman–Crippen LogP) is 3.55. The van der Waals surface area contributed by atoms with Crippen molar-refractivity contribution in [2.45, 2.75) is 39.2 Å². The summed E-state index contributed by atoms with van der Waals surface area (Å²) in [7, 11) is 0. The summed E-state index contributed by atoms with van der Waals surface area (Å²) < 4.78 is 5.79. The molecule has 0 bridgehead atoms. The Balaban J connectivity index is 2.67. The van der Waals surface area contributed by atoms with E-state index in [2.05, 4.69) is 19.2 Å². The van der Waals surface area contributed by atoms with Gasteiger partial charge in [0, 0.05) is 23.2 Å². The molecule has 0 spiro atoms. The predicted molar refractivity (Wildman–Crippen MR) is 80.0 cm³/mol. The van der Waals surface area contributed by atoms with Gasteiger partial charge in [-0.25, -0.2) is 0 Å². The maximum atomic E-state index is 8.76. The van der Waals surface area contributed by atoms with Crippen molar-refractivity contribution < 1.29 is 9.84 Å². The second-order valence-electron chi connectivity index (χ2n) is 4.64. The number of hydrogen-bond donors (Lipinski definition) is 2. The van der Waals surface area contributed by atoms with E-state index < -0.39 is 0 Å². The summed E-state index contributed by atoms with van der Waals surface area (Å²) in [6.07, 6.45) is 2.72. The van der Waals surface area contributed by atoms with Gasteiger partial charge in [-0.15, -0.1) is 0 Å². The number of ether oxygens (including phenoxy) is 1. The number of rotatable bonds is 9. The van der Waals surface area contributed by atoms with Gasteiger partial charge >= 0.3 is 0 Å². The van der Waals surface area contributed by atoms with E-state index in [1.807, 2.05) is 18.2 Å². The summed E-state index contributed by atoms with van der Waals surface area (Å²) >= 11 is 6.06. The van der Waals surface area contributed by atoms with E-state index in [9.17, 15) is 0 Å². The van der Waals surface area contributed by atoms with Crippen LogP contribution in [0.2, 0.25) is 5.02 Å². The summed E-state index contributed by atoms with van der Waals surface area (Å²) in [6.45, 7) is 6.06. The monoisotopic (exact) mass is 285 g/mol. The molecule has 0 saturated heterocycles. The second kappa shape index (κ2) is 9.18. The minimum Gasteiger partial charge on any atom is -0.493 e. The van der Waals surface area contributed by atoms with Crippen molar-refractivity contribution in [1.29, 1.82) is 0 Å². The van der Waals surface area contributed by atoms with Crippen LogP contribution in [-0.4, -0.2) is 24.9 Å². The van der Waals surface area contributed by atoms with Crippen LogP contribution >= 0.6 is 11.6 Å². The van der Waals surface area contributed by atoms with Crippen LogP contribution in [0.1, 0.15) is 44.7 Å². The minimum atomic E-state index is 0.214. The number of unbranched alkanes of at least 4 members (excludes halogenated alkanes) is 1. The molecule has 3 nitrogen and oxygen atoms in total.